The van der Waals surface area contributed by atoms with Gasteiger partial charge >= 0.3 is 0 Å². The minimum Gasteiger partial charge on any atom is -0.487 e. The van der Waals surface area contributed by atoms with Gasteiger partial charge in [0, 0.05) is 44.2 Å². The minimum absolute atomic E-state index is 0.0562. The Morgan fingerprint density at radius 1 is 1.00 bits per heavy atom. The van der Waals surface area contributed by atoms with Gasteiger partial charge in [0.15, 0.2) is 0 Å². The molecule has 1 atom stereocenters. The van der Waals surface area contributed by atoms with E-state index in [1.807, 2.05) is 12.1 Å². The molecule has 1 spiro atoms. The van der Waals surface area contributed by atoms with E-state index in [2.05, 4.69) is 27.2 Å². The van der Waals surface area contributed by atoms with Gasteiger partial charge in [0.2, 0.25) is 5.91 Å². The van der Waals surface area contributed by atoms with Gasteiger partial charge in [-0.3, -0.25) is 9.69 Å². The third-order valence-electron chi connectivity index (χ3n) is 7.73. The SMILES string of the molecule is O=C([C@H]1CC2(CCNCC2)Oc2ccccc21)N1CCN(C2CCCCC2)CC1. The maximum atomic E-state index is 13.7. The zero-order valence-electron chi connectivity index (χ0n) is 17.6. The molecule has 0 bridgehead atoms. The highest BCUT2D eigenvalue weighted by Crippen LogP contribution is 2.45. The summed E-state index contributed by atoms with van der Waals surface area (Å²) in [6.07, 6.45) is 9.64. The number of rotatable bonds is 2. The van der Waals surface area contributed by atoms with Crippen LogP contribution in [0.2, 0.25) is 0 Å². The number of nitrogens with zero attached hydrogens (tertiary/aromatic N) is 2. The van der Waals surface area contributed by atoms with Gasteiger partial charge in [-0.25, -0.2) is 0 Å². The van der Waals surface area contributed by atoms with E-state index in [1.165, 1.54) is 32.1 Å². The quantitative estimate of drug-likeness (QED) is 0.833. The second-order valence-corrected chi connectivity index (χ2v) is 9.48. The van der Waals surface area contributed by atoms with Crippen molar-refractivity contribution in [1.29, 1.82) is 0 Å². The Morgan fingerprint density at radius 3 is 2.48 bits per heavy atom. The first kappa shape index (κ1) is 19.4. The number of ether oxygens (including phenoxy) is 1. The van der Waals surface area contributed by atoms with Crippen LogP contribution in [0.15, 0.2) is 24.3 Å². The molecule has 0 aromatic heterocycles. The number of carbonyl (C=O) groups is 1. The molecule has 1 aliphatic carbocycles. The van der Waals surface area contributed by atoms with Crippen molar-refractivity contribution in [3.8, 4) is 5.75 Å². The fourth-order valence-corrected chi connectivity index (χ4v) is 6.00. The Bertz CT molecular complexity index is 717. The highest BCUT2D eigenvalue weighted by molar-refractivity contribution is 5.85. The molecule has 158 valence electrons. The maximum absolute atomic E-state index is 13.7. The van der Waals surface area contributed by atoms with Gasteiger partial charge in [-0.05, 0) is 44.8 Å². The lowest BCUT2D eigenvalue weighted by molar-refractivity contribution is -0.137. The standard InChI is InChI=1S/C24H35N3O2/c28-23(27-16-14-26(15-17-27)19-6-2-1-3-7-19)21-18-24(10-12-25-13-11-24)29-22-9-5-4-8-20(21)22/h4-5,8-9,19,21,25H,1-3,6-7,10-18H2/t21-/m0/s1. The molecule has 2 saturated heterocycles. The zero-order chi connectivity index (χ0) is 19.7. The monoisotopic (exact) mass is 397 g/mol. The molecule has 5 heteroatoms. The lowest BCUT2D eigenvalue weighted by Gasteiger charge is -2.46. The van der Waals surface area contributed by atoms with Crippen LogP contribution in [0.3, 0.4) is 0 Å². The summed E-state index contributed by atoms with van der Waals surface area (Å²) in [7, 11) is 0. The van der Waals surface area contributed by atoms with Gasteiger partial charge in [0.05, 0.1) is 5.92 Å². The number of hydrogen-bond acceptors (Lipinski definition) is 4. The van der Waals surface area contributed by atoms with Gasteiger partial charge in [-0.2, -0.15) is 0 Å². The molecule has 1 N–H and O–H groups in total. The Labute approximate surface area is 174 Å². The molecule has 5 nitrogen and oxygen atoms in total. The summed E-state index contributed by atoms with van der Waals surface area (Å²) in [5, 5.41) is 3.44. The first-order valence-electron chi connectivity index (χ1n) is 11.8. The first-order chi connectivity index (χ1) is 14.2. The van der Waals surface area contributed by atoms with Crippen molar-refractivity contribution in [1.82, 2.24) is 15.1 Å². The Hall–Kier alpha value is -1.59. The zero-order valence-corrected chi connectivity index (χ0v) is 17.6. The lowest BCUT2D eigenvalue weighted by atomic mass is 9.77. The molecule has 0 radical (unpaired) electrons. The summed E-state index contributed by atoms with van der Waals surface area (Å²) >= 11 is 0. The smallest absolute Gasteiger partial charge is 0.230 e. The fraction of sp³-hybridized carbons (Fsp3) is 0.708. The third-order valence-corrected chi connectivity index (χ3v) is 7.73. The average Bonchev–Trinajstić information content (AvgIpc) is 2.79. The molecule has 1 amide bonds. The molecule has 5 rings (SSSR count). The predicted molar refractivity (Wildman–Crippen MR) is 114 cm³/mol. The number of benzene rings is 1. The molecule has 1 aromatic carbocycles. The molecule has 0 unspecified atom stereocenters. The molecule has 1 saturated carbocycles. The summed E-state index contributed by atoms with van der Waals surface area (Å²) in [6, 6.07) is 8.99. The van der Waals surface area contributed by atoms with Crippen molar-refractivity contribution < 1.29 is 9.53 Å². The summed E-state index contributed by atoms with van der Waals surface area (Å²) in [6.45, 7) is 5.78. The second kappa shape index (κ2) is 8.27. The van der Waals surface area contributed by atoms with Crippen molar-refractivity contribution in [3.05, 3.63) is 29.8 Å². The van der Waals surface area contributed by atoms with Crippen LogP contribution in [0.25, 0.3) is 0 Å². The molecule has 3 aliphatic heterocycles. The summed E-state index contributed by atoms with van der Waals surface area (Å²) < 4.78 is 6.51. The van der Waals surface area contributed by atoms with Crippen LogP contribution in [-0.2, 0) is 4.79 Å². The Balaban J connectivity index is 1.30. The van der Waals surface area contributed by atoms with Crippen LogP contribution in [0.1, 0.15) is 62.8 Å². The van der Waals surface area contributed by atoms with Crippen molar-refractivity contribution in [2.45, 2.75) is 68.9 Å². The predicted octanol–water partition coefficient (Wildman–Crippen LogP) is 3.15. The Morgan fingerprint density at radius 2 is 1.72 bits per heavy atom. The molecule has 29 heavy (non-hydrogen) atoms. The topological polar surface area (TPSA) is 44.8 Å². The van der Waals surface area contributed by atoms with Gasteiger partial charge in [-0.1, -0.05) is 37.5 Å². The van der Waals surface area contributed by atoms with Crippen LogP contribution in [0.5, 0.6) is 5.75 Å². The summed E-state index contributed by atoms with van der Waals surface area (Å²) in [4.78, 5) is 18.4. The lowest BCUT2D eigenvalue weighted by Crippen LogP contribution is -2.55. The van der Waals surface area contributed by atoms with E-state index in [0.717, 1.165) is 75.9 Å². The average molecular weight is 398 g/mol. The first-order valence-corrected chi connectivity index (χ1v) is 11.8. The van der Waals surface area contributed by atoms with Crippen molar-refractivity contribution >= 4 is 5.91 Å². The number of carbonyl (C=O) groups excluding carboxylic acids is 1. The molecule has 3 heterocycles. The molecule has 1 aromatic rings. The third kappa shape index (κ3) is 3.91. The molecular weight excluding hydrogens is 362 g/mol. The number of hydrogen-bond donors (Lipinski definition) is 1. The fourth-order valence-electron chi connectivity index (χ4n) is 6.00. The van der Waals surface area contributed by atoms with Gasteiger partial charge in [-0.15, -0.1) is 0 Å². The van der Waals surface area contributed by atoms with E-state index in [1.54, 1.807) is 0 Å². The highest BCUT2D eigenvalue weighted by atomic mass is 16.5. The van der Waals surface area contributed by atoms with Gasteiger partial charge in [0.1, 0.15) is 11.4 Å². The van der Waals surface area contributed by atoms with Crippen LogP contribution in [-0.4, -0.2) is 66.6 Å². The van der Waals surface area contributed by atoms with E-state index < -0.39 is 0 Å². The van der Waals surface area contributed by atoms with Crippen molar-refractivity contribution in [3.63, 3.8) is 0 Å². The van der Waals surface area contributed by atoms with Crippen LogP contribution < -0.4 is 10.1 Å². The molecule has 4 aliphatic rings. The largest absolute Gasteiger partial charge is 0.487 e. The van der Waals surface area contributed by atoms with Crippen molar-refractivity contribution in [2.75, 3.05) is 39.3 Å². The minimum atomic E-state index is -0.177. The number of fused-ring (bicyclic) bond motifs is 1. The second-order valence-electron chi connectivity index (χ2n) is 9.48. The summed E-state index contributed by atoms with van der Waals surface area (Å²) in [5.41, 5.74) is 0.917. The number of nitrogens with one attached hydrogen (secondary N) is 1. The van der Waals surface area contributed by atoms with Crippen LogP contribution in [0, 0.1) is 0 Å². The summed E-state index contributed by atoms with van der Waals surface area (Å²) in [5.74, 6) is 1.20. The molecular formula is C24H35N3O2. The van der Waals surface area contributed by atoms with E-state index in [-0.39, 0.29) is 11.5 Å². The molecule has 3 fully saturated rings. The van der Waals surface area contributed by atoms with Gasteiger partial charge < -0.3 is 15.0 Å². The van der Waals surface area contributed by atoms with E-state index in [4.69, 9.17) is 4.74 Å². The van der Waals surface area contributed by atoms with Gasteiger partial charge in [0.25, 0.3) is 0 Å². The number of piperidine rings is 1. The maximum Gasteiger partial charge on any atom is 0.230 e. The van der Waals surface area contributed by atoms with E-state index >= 15 is 0 Å². The Kier molecular flexibility index (Phi) is 5.53. The number of amides is 1. The van der Waals surface area contributed by atoms with Crippen molar-refractivity contribution in [2.24, 2.45) is 0 Å². The van der Waals surface area contributed by atoms with Crippen LogP contribution >= 0.6 is 0 Å². The van der Waals surface area contributed by atoms with Crippen LogP contribution in [0.4, 0.5) is 0 Å². The van der Waals surface area contributed by atoms with E-state index in [0.29, 0.717) is 5.91 Å². The van der Waals surface area contributed by atoms with E-state index in [9.17, 15) is 4.79 Å². The number of para-hydroxylation sites is 1. The normalized spacial score (nSPS) is 28.0. The number of piperazine rings is 1. The highest BCUT2D eigenvalue weighted by Gasteiger charge is 2.45.